The highest BCUT2D eigenvalue weighted by atomic mass is 32.2. The zero-order valence-electron chi connectivity index (χ0n) is 18.2. The minimum Gasteiger partial charge on any atom is -0.383 e. The number of benzene rings is 2. The average Bonchev–Trinajstić information content (AvgIpc) is 2.76. The molecule has 0 saturated heterocycles. The Labute approximate surface area is 184 Å². The van der Waals surface area contributed by atoms with Gasteiger partial charge in [-0.25, -0.2) is 13.1 Å². The number of rotatable bonds is 10. The summed E-state index contributed by atoms with van der Waals surface area (Å²) >= 11 is 0. The van der Waals surface area contributed by atoms with Crippen molar-refractivity contribution in [1.82, 2.24) is 14.9 Å². The number of nitrogens with zero attached hydrogens (tertiary/aromatic N) is 1. The Kier molecular flexibility index (Phi) is 8.20. The summed E-state index contributed by atoms with van der Waals surface area (Å²) in [7, 11) is -2.18. The van der Waals surface area contributed by atoms with Gasteiger partial charge in [-0.1, -0.05) is 30.3 Å². The number of ether oxygens (including phenoxy) is 1. The lowest BCUT2D eigenvalue weighted by Crippen LogP contribution is -2.34. The van der Waals surface area contributed by atoms with E-state index in [4.69, 9.17) is 4.74 Å². The van der Waals surface area contributed by atoms with Gasteiger partial charge >= 0.3 is 0 Å². The standard InChI is InChI=1S/C23H31N3O4S/c1-18-8-9-21(31(28,29)25-12-15-30-2)16-22(18)23(27)24-11-5-13-26-14-10-19-6-3-4-7-20(19)17-26/h3-4,6-9,16,25H,5,10-15,17H2,1-2H3,(H,24,27). The van der Waals surface area contributed by atoms with Crippen LogP contribution in [0, 0.1) is 6.92 Å². The Bertz CT molecular complexity index is 1010. The third-order valence-electron chi connectivity index (χ3n) is 5.51. The molecule has 0 aromatic heterocycles. The van der Waals surface area contributed by atoms with Gasteiger partial charge in [0.2, 0.25) is 10.0 Å². The second-order valence-electron chi connectivity index (χ2n) is 7.77. The fourth-order valence-electron chi connectivity index (χ4n) is 3.72. The van der Waals surface area contributed by atoms with Crippen molar-refractivity contribution >= 4 is 15.9 Å². The van der Waals surface area contributed by atoms with E-state index in [1.807, 2.05) is 0 Å². The summed E-state index contributed by atoms with van der Waals surface area (Å²) in [6.07, 6.45) is 1.89. The molecule has 1 heterocycles. The number of nitrogens with one attached hydrogen (secondary N) is 2. The van der Waals surface area contributed by atoms with Crippen LogP contribution in [0.5, 0.6) is 0 Å². The fourth-order valence-corrected chi connectivity index (χ4v) is 4.76. The second kappa shape index (κ2) is 10.9. The largest absolute Gasteiger partial charge is 0.383 e. The molecule has 8 heteroatoms. The summed E-state index contributed by atoms with van der Waals surface area (Å²) in [6.45, 7) is 5.68. The van der Waals surface area contributed by atoms with Crippen molar-refractivity contribution in [3.05, 3.63) is 64.7 Å². The van der Waals surface area contributed by atoms with Gasteiger partial charge in [-0.3, -0.25) is 9.69 Å². The molecule has 7 nitrogen and oxygen atoms in total. The molecule has 1 aliphatic heterocycles. The number of hydrogen-bond acceptors (Lipinski definition) is 5. The van der Waals surface area contributed by atoms with Crippen LogP contribution >= 0.6 is 0 Å². The number of aryl methyl sites for hydroxylation is 1. The monoisotopic (exact) mass is 445 g/mol. The van der Waals surface area contributed by atoms with Crippen LogP contribution in [-0.4, -0.2) is 59.1 Å². The van der Waals surface area contributed by atoms with Gasteiger partial charge in [-0.15, -0.1) is 0 Å². The molecule has 0 aliphatic carbocycles. The summed E-state index contributed by atoms with van der Waals surface area (Å²) in [6, 6.07) is 13.1. The molecular weight excluding hydrogens is 414 g/mol. The van der Waals surface area contributed by atoms with E-state index in [2.05, 4.69) is 39.2 Å². The van der Waals surface area contributed by atoms with E-state index < -0.39 is 10.0 Å². The number of amides is 1. The molecule has 2 aromatic rings. The van der Waals surface area contributed by atoms with Gasteiger partial charge in [0.15, 0.2) is 0 Å². The quantitative estimate of drug-likeness (QED) is 0.547. The van der Waals surface area contributed by atoms with Gasteiger partial charge in [0.1, 0.15) is 0 Å². The predicted octanol–water partition coefficient (Wildman–Crippen LogP) is 2.10. The lowest BCUT2D eigenvalue weighted by Gasteiger charge is -2.28. The van der Waals surface area contributed by atoms with Gasteiger partial charge in [-0.2, -0.15) is 0 Å². The van der Waals surface area contributed by atoms with Crippen molar-refractivity contribution in [2.45, 2.75) is 31.2 Å². The summed E-state index contributed by atoms with van der Waals surface area (Å²) in [5.74, 6) is -0.254. The average molecular weight is 446 g/mol. The molecule has 31 heavy (non-hydrogen) atoms. The van der Waals surface area contributed by atoms with E-state index >= 15 is 0 Å². The Balaban J connectivity index is 1.51. The van der Waals surface area contributed by atoms with E-state index in [0.717, 1.165) is 38.0 Å². The molecule has 0 atom stereocenters. The molecule has 1 aliphatic rings. The first-order valence-electron chi connectivity index (χ1n) is 10.6. The number of methoxy groups -OCH3 is 1. The second-order valence-corrected chi connectivity index (χ2v) is 9.54. The van der Waals surface area contributed by atoms with E-state index in [1.54, 1.807) is 13.0 Å². The molecule has 3 rings (SSSR count). The van der Waals surface area contributed by atoms with Crippen molar-refractivity contribution in [2.24, 2.45) is 0 Å². The van der Waals surface area contributed by atoms with Crippen molar-refractivity contribution in [3.63, 3.8) is 0 Å². The van der Waals surface area contributed by atoms with Crippen LogP contribution in [0.3, 0.4) is 0 Å². The first kappa shape index (κ1) is 23.4. The zero-order valence-corrected chi connectivity index (χ0v) is 19.0. The molecule has 0 fully saturated rings. The maximum atomic E-state index is 12.7. The van der Waals surface area contributed by atoms with Gasteiger partial charge in [0.25, 0.3) is 5.91 Å². The lowest BCUT2D eigenvalue weighted by molar-refractivity contribution is 0.0950. The molecule has 0 saturated carbocycles. The van der Waals surface area contributed by atoms with E-state index in [0.29, 0.717) is 12.1 Å². The molecule has 2 aromatic carbocycles. The fraction of sp³-hybridized carbons (Fsp3) is 0.435. The molecule has 1 amide bonds. The number of sulfonamides is 1. The molecule has 0 radical (unpaired) electrons. The highest BCUT2D eigenvalue weighted by Crippen LogP contribution is 2.18. The minimum absolute atomic E-state index is 0.0753. The van der Waals surface area contributed by atoms with E-state index in [1.165, 1.54) is 30.4 Å². The van der Waals surface area contributed by atoms with Gasteiger partial charge in [0, 0.05) is 45.4 Å². The van der Waals surface area contributed by atoms with Crippen LogP contribution in [0.4, 0.5) is 0 Å². The van der Waals surface area contributed by atoms with Gasteiger partial charge in [-0.05, 0) is 48.6 Å². The Morgan fingerprint density at radius 2 is 1.90 bits per heavy atom. The predicted molar refractivity (Wildman–Crippen MR) is 121 cm³/mol. The van der Waals surface area contributed by atoms with Crippen LogP contribution in [0.25, 0.3) is 0 Å². The summed E-state index contributed by atoms with van der Waals surface area (Å²) in [5, 5.41) is 2.93. The first-order valence-corrected chi connectivity index (χ1v) is 12.1. The Morgan fingerprint density at radius 1 is 1.13 bits per heavy atom. The Morgan fingerprint density at radius 3 is 2.68 bits per heavy atom. The van der Waals surface area contributed by atoms with Crippen molar-refractivity contribution < 1.29 is 17.9 Å². The minimum atomic E-state index is -3.69. The van der Waals surface area contributed by atoms with Gasteiger partial charge < -0.3 is 10.1 Å². The maximum Gasteiger partial charge on any atom is 0.251 e. The number of carbonyl (C=O) groups is 1. The zero-order chi connectivity index (χ0) is 22.3. The normalized spacial score (nSPS) is 14.3. The topological polar surface area (TPSA) is 87.7 Å². The Hall–Kier alpha value is -2.26. The summed E-state index contributed by atoms with van der Waals surface area (Å²) < 4.78 is 32.2. The number of hydrogen-bond donors (Lipinski definition) is 2. The lowest BCUT2D eigenvalue weighted by atomic mass is 10.00. The van der Waals surface area contributed by atoms with Crippen LogP contribution in [0.2, 0.25) is 0 Å². The first-order chi connectivity index (χ1) is 14.9. The summed E-state index contributed by atoms with van der Waals surface area (Å²) in [4.78, 5) is 15.1. The molecule has 0 spiro atoms. The van der Waals surface area contributed by atoms with Crippen LogP contribution in [-0.2, 0) is 27.7 Å². The van der Waals surface area contributed by atoms with Crippen LogP contribution in [0.1, 0.15) is 33.5 Å². The van der Waals surface area contributed by atoms with Crippen LogP contribution in [0.15, 0.2) is 47.4 Å². The third-order valence-corrected chi connectivity index (χ3v) is 6.97. The molecule has 2 N–H and O–H groups in total. The highest BCUT2D eigenvalue weighted by Gasteiger charge is 2.18. The van der Waals surface area contributed by atoms with Crippen molar-refractivity contribution in [2.75, 3.05) is 39.9 Å². The third kappa shape index (κ3) is 6.36. The number of fused-ring (bicyclic) bond motifs is 1. The molecule has 0 unspecified atom stereocenters. The van der Waals surface area contributed by atoms with Crippen molar-refractivity contribution in [1.29, 1.82) is 0 Å². The van der Waals surface area contributed by atoms with Crippen molar-refractivity contribution in [3.8, 4) is 0 Å². The smallest absolute Gasteiger partial charge is 0.251 e. The van der Waals surface area contributed by atoms with Crippen LogP contribution < -0.4 is 10.0 Å². The SMILES string of the molecule is COCCNS(=O)(=O)c1ccc(C)c(C(=O)NCCCN2CCc3ccccc3C2)c1. The molecular formula is C23H31N3O4S. The molecule has 0 bridgehead atoms. The summed E-state index contributed by atoms with van der Waals surface area (Å²) in [5.41, 5.74) is 3.92. The number of carbonyl (C=O) groups excluding carboxylic acids is 1. The van der Waals surface area contributed by atoms with Gasteiger partial charge in [0.05, 0.1) is 11.5 Å². The molecule has 168 valence electrons. The van der Waals surface area contributed by atoms with E-state index in [-0.39, 0.29) is 24.0 Å². The highest BCUT2D eigenvalue weighted by molar-refractivity contribution is 7.89. The maximum absolute atomic E-state index is 12.7. The van der Waals surface area contributed by atoms with E-state index in [9.17, 15) is 13.2 Å².